The fourth-order valence-electron chi connectivity index (χ4n) is 1.47. The van der Waals surface area contributed by atoms with Crippen molar-refractivity contribution >= 4 is 16.9 Å². The van der Waals surface area contributed by atoms with Crippen LogP contribution >= 0.6 is 11.3 Å². The van der Waals surface area contributed by atoms with Gasteiger partial charge in [0.1, 0.15) is 5.01 Å². The molecular weight excluding hydrogens is 275 g/mol. The second-order valence-corrected chi connectivity index (χ2v) is 5.08. The zero-order valence-electron chi connectivity index (χ0n) is 10.8. The highest BCUT2D eigenvalue weighted by atomic mass is 32.1. The van der Waals surface area contributed by atoms with Gasteiger partial charge in [-0.25, -0.2) is 4.98 Å². The molecule has 1 heterocycles. The molecule has 0 aliphatic carbocycles. The highest BCUT2D eigenvalue weighted by Crippen LogP contribution is 2.27. The summed E-state index contributed by atoms with van der Waals surface area (Å²) in [5.74, 6) is 0. The minimum absolute atomic E-state index is 0.0651. The number of halogens is 3. The lowest BCUT2D eigenvalue weighted by Crippen LogP contribution is -2.03. The summed E-state index contributed by atoms with van der Waals surface area (Å²) >= 11 is 1.37. The predicted molar refractivity (Wildman–Crippen MR) is 70.9 cm³/mol. The molecule has 0 saturated heterocycles. The number of hydrogen-bond acceptors (Lipinski definition) is 3. The van der Waals surface area contributed by atoms with Crippen LogP contribution in [0.1, 0.15) is 35.3 Å². The van der Waals surface area contributed by atoms with Crippen LogP contribution < -0.4 is 0 Å². The number of aliphatic hydroxyl groups excluding tert-OH is 1. The number of rotatable bonds is 5. The van der Waals surface area contributed by atoms with Gasteiger partial charge in [0.25, 0.3) is 0 Å². The van der Waals surface area contributed by atoms with E-state index in [0.29, 0.717) is 6.42 Å². The van der Waals surface area contributed by atoms with E-state index < -0.39 is 12.6 Å². The van der Waals surface area contributed by atoms with Gasteiger partial charge in [-0.15, -0.1) is 11.3 Å². The van der Waals surface area contributed by atoms with Crippen molar-refractivity contribution in [3.05, 3.63) is 33.8 Å². The van der Waals surface area contributed by atoms with Crippen molar-refractivity contribution in [2.75, 3.05) is 0 Å². The molecule has 0 amide bonds. The molecule has 0 aliphatic heterocycles. The highest BCUT2D eigenvalue weighted by Gasteiger charge is 2.24. The molecule has 0 bridgehead atoms. The average molecular weight is 291 g/mol. The Morgan fingerprint density at radius 2 is 2.05 bits per heavy atom. The van der Waals surface area contributed by atoms with Crippen LogP contribution in [0.4, 0.5) is 13.2 Å². The number of aromatic nitrogens is 1. The fourth-order valence-corrected chi connectivity index (χ4v) is 2.47. The Bertz CT molecular complexity index is 475. The third-order valence-electron chi connectivity index (χ3n) is 2.51. The van der Waals surface area contributed by atoms with Crippen LogP contribution in [0, 0.1) is 6.92 Å². The maximum Gasteiger partial charge on any atom is 0.392 e. The van der Waals surface area contributed by atoms with Crippen LogP contribution in [-0.2, 0) is 6.61 Å². The lowest BCUT2D eigenvalue weighted by atomic mass is 10.1. The van der Waals surface area contributed by atoms with Gasteiger partial charge in [0.15, 0.2) is 0 Å². The second-order valence-electron chi connectivity index (χ2n) is 3.99. The Hall–Kier alpha value is -1.14. The molecule has 0 saturated carbocycles. The standard InChI is InChI=1S/C13H16F3NOS/c1-3-10(6-4-5-7-13(14,15)16)12-17-9(2)11(8-18)19-12/h3-5,18H,6-8H2,1-2H3/b5-4-,10-3+. The van der Waals surface area contributed by atoms with Crippen molar-refractivity contribution in [1.82, 2.24) is 4.98 Å². The predicted octanol–water partition coefficient (Wildman–Crippen LogP) is 4.25. The van der Waals surface area contributed by atoms with Gasteiger partial charge in [-0.1, -0.05) is 18.2 Å². The van der Waals surface area contributed by atoms with E-state index in [9.17, 15) is 13.2 Å². The average Bonchev–Trinajstić information content (AvgIpc) is 2.69. The van der Waals surface area contributed by atoms with Crippen molar-refractivity contribution in [2.24, 2.45) is 0 Å². The van der Waals surface area contributed by atoms with E-state index in [1.165, 1.54) is 17.4 Å². The number of aryl methyl sites for hydroxylation is 1. The monoisotopic (exact) mass is 291 g/mol. The SMILES string of the molecule is C/C=C(\C/C=C\CC(F)(F)F)c1nc(C)c(CO)s1. The zero-order chi connectivity index (χ0) is 14.5. The Morgan fingerprint density at radius 3 is 2.53 bits per heavy atom. The Labute approximate surface area is 114 Å². The van der Waals surface area contributed by atoms with Crippen molar-refractivity contribution < 1.29 is 18.3 Å². The molecule has 1 aromatic heterocycles. The van der Waals surface area contributed by atoms with E-state index in [2.05, 4.69) is 4.98 Å². The van der Waals surface area contributed by atoms with Gasteiger partial charge in [-0.05, 0) is 25.8 Å². The smallest absolute Gasteiger partial charge is 0.391 e. The molecule has 0 unspecified atom stereocenters. The van der Waals surface area contributed by atoms with Crippen LogP contribution in [0.25, 0.3) is 5.57 Å². The molecule has 0 aliphatic rings. The normalized spacial score (nSPS) is 13.5. The maximum absolute atomic E-state index is 12.0. The molecule has 19 heavy (non-hydrogen) atoms. The Kier molecular flexibility index (Phi) is 5.75. The summed E-state index contributed by atoms with van der Waals surface area (Å²) in [4.78, 5) is 5.10. The van der Waals surface area contributed by atoms with Crippen LogP contribution in [-0.4, -0.2) is 16.3 Å². The molecule has 0 atom stereocenters. The summed E-state index contributed by atoms with van der Waals surface area (Å²) < 4.78 is 35.9. The Balaban J connectivity index is 2.69. The third kappa shape index (κ3) is 5.16. The molecule has 6 heteroatoms. The zero-order valence-corrected chi connectivity index (χ0v) is 11.6. The van der Waals surface area contributed by atoms with Crippen LogP contribution in [0.15, 0.2) is 18.2 Å². The van der Waals surface area contributed by atoms with E-state index in [1.54, 1.807) is 6.92 Å². The van der Waals surface area contributed by atoms with Gasteiger partial charge < -0.3 is 5.11 Å². The topological polar surface area (TPSA) is 33.1 Å². The largest absolute Gasteiger partial charge is 0.392 e. The fraction of sp³-hybridized carbons (Fsp3) is 0.462. The number of aliphatic hydroxyl groups is 1. The van der Waals surface area contributed by atoms with Gasteiger partial charge in [-0.3, -0.25) is 0 Å². The van der Waals surface area contributed by atoms with Crippen LogP contribution in [0.5, 0.6) is 0 Å². The van der Waals surface area contributed by atoms with Crippen molar-refractivity contribution in [2.45, 2.75) is 39.5 Å². The summed E-state index contributed by atoms with van der Waals surface area (Å²) in [6.45, 7) is 3.56. The van der Waals surface area contributed by atoms with Gasteiger partial charge in [-0.2, -0.15) is 13.2 Å². The number of alkyl halides is 3. The molecule has 0 spiro atoms. The summed E-state index contributed by atoms with van der Waals surface area (Å²) in [6.07, 6.45) is -0.214. The molecule has 0 radical (unpaired) electrons. The first-order valence-corrected chi connectivity index (χ1v) is 6.63. The van der Waals surface area contributed by atoms with E-state index in [0.717, 1.165) is 27.2 Å². The third-order valence-corrected chi connectivity index (χ3v) is 3.73. The number of nitrogens with zero attached hydrogens (tertiary/aromatic N) is 1. The van der Waals surface area contributed by atoms with E-state index in [-0.39, 0.29) is 6.61 Å². The molecule has 2 nitrogen and oxygen atoms in total. The van der Waals surface area contributed by atoms with E-state index in [4.69, 9.17) is 5.11 Å². The van der Waals surface area contributed by atoms with Crippen molar-refractivity contribution in [1.29, 1.82) is 0 Å². The second kappa shape index (κ2) is 6.86. The first kappa shape index (κ1) is 15.9. The maximum atomic E-state index is 12.0. The summed E-state index contributed by atoms with van der Waals surface area (Å²) in [7, 11) is 0. The number of thiazole rings is 1. The number of hydrogen-bond donors (Lipinski definition) is 1. The van der Waals surface area contributed by atoms with Gasteiger partial charge in [0.2, 0.25) is 0 Å². The summed E-state index contributed by atoms with van der Waals surface area (Å²) in [5.41, 5.74) is 1.63. The minimum atomic E-state index is -4.16. The van der Waals surface area contributed by atoms with Crippen LogP contribution in [0.3, 0.4) is 0 Å². The van der Waals surface area contributed by atoms with E-state index >= 15 is 0 Å². The van der Waals surface area contributed by atoms with Gasteiger partial charge in [0.05, 0.1) is 23.6 Å². The molecule has 0 aromatic carbocycles. The highest BCUT2D eigenvalue weighted by molar-refractivity contribution is 7.12. The summed E-state index contributed by atoms with van der Waals surface area (Å²) in [6, 6.07) is 0. The molecule has 1 aromatic rings. The molecule has 1 rings (SSSR count). The molecule has 106 valence electrons. The van der Waals surface area contributed by atoms with Gasteiger partial charge >= 0.3 is 6.18 Å². The molecular formula is C13H16F3NOS. The first-order chi connectivity index (χ1) is 8.87. The van der Waals surface area contributed by atoms with Gasteiger partial charge in [0, 0.05) is 0 Å². The molecule has 1 N–H and O–H groups in total. The lowest BCUT2D eigenvalue weighted by molar-refractivity contribution is -0.125. The quantitative estimate of drug-likeness (QED) is 0.823. The van der Waals surface area contributed by atoms with E-state index in [1.807, 2.05) is 13.0 Å². The number of allylic oxidation sites excluding steroid dienone is 4. The molecule has 0 fully saturated rings. The minimum Gasteiger partial charge on any atom is -0.391 e. The lowest BCUT2D eigenvalue weighted by Gasteiger charge is -2.01. The van der Waals surface area contributed by atoms with Crippen LogP contribution in [0.2, 0.25) is 0 Å². The van der Waals surface area contributed by atoms with Crippen molar-refractivity contribution in [3.8, 4) is 0 Å². The summed E-state index contributed by atoms with van der Waals surface area (Å²) in [5, 5.41) is 9.85. The van der Waals surface area contributed by atoms with Crippen molar-refractivity contribution in [3.63, 3.8) is 0 Å². The Morgan fingerprint density at radius 1 is 1.37 bits per heavy atom. The first-order valence-electron chi connectivity index (χ1n) is 5.82.